The Bertz CT molecular complexity index is 4850. The predicted octanol–water partition coefficient (Wildman–Crippen LogP) is 14.9. The Labute approximate surface area is 526 Å². The molecule has 0 aliphatic carbocycles. The quantitative estimate of drug-likeness (QED) is 0.173. The molecule has 0 unspecified atom stereocenters. The van der Waals surface area contributed by atoms with Crippen LogP contribution in [0.2, 0.25) is 0 Å². The Morgan fingerprint density at radius 1 is 0.233 bits per heavy atom. The first kappa shape index (κ1) is 52.7. The van der Waals surface area contributed by atoms with Crippen molar-refractivity contribution < 1.29 is 23.7 Å². The zero-order valence-electron chi connectivity index (χ0n) is 51.7. The Morgan fingerprint density at radius 3 is 0.967 bits per heavy atom. The van der Waals surface area contributed by atoms with E-state index < -0.39 is 0 Å². The number of hydrogen-bond donors (Lipinski definition) is 1. The molecule has 6 nitrogen and oxygen atoms in total. The van der Waals surface area contributed by atoms with Gasteiger partial charge in [0.05, 0.1) is 0 Å². The number of nitrogens with one attached hydrogen (secondary N) is 1. The highest BCUT2D eigenvalue weighted by atomic mass is 16.5. The Balaban J connectivity index is 0.857. The zero-order chi connectivity index (χ0) is 60.7. The van der Waals surface area contributed by atoms with Crippen molar-refractivity contribution in [3.05, 3.63) is 244 Å². The van der Waals surface area contributed by atoms with Gasteiger partial charge >= 0.3 is 0 Å². The van der Waals surface area contributed by atoms with Crippen LogP contribution in [0.3, 0.4) is 0 Å². The van der Waals surface area contributed by atoms with Gasteiger partial charge in [0.1, 0.15) is 57.5 Å². The van der Waals surface area contributed by atoms with Crippen LogP contribution in [0.15, 0.2) is 194 Å². The van der Waals surface area contributed by atoms with Gasteiger partial charge in [-0.25, -0.2) is 0 Å². The SMILES string of the molecule is Cc1cc(C)c(-c2cc3c4c(c2)Oc2cc(-c5ccccc5)ccc2B4c2cc4c(cc2N3)Oc2cc(-c3c(C)cc(C)cc3C)cc3c2B4c2cc4c(cc2O3)Oc2cc(-c3c(C)cc(C)cc3C)cc3c2B4c2ccc(-c4ccccc4)cc2O3)c(C)c1. The van der Waals surface area contributed by atoms with Gasteiger partial charge in [0, 0.05) is 34.4 Å². The Hall–Kier alpha value is -10.4. The van der Waals surface area contributed by atoms with Gasteiger partial charge in [-0.3, -0.25) is 0 Å². The summed E-state index contributed by atoms with van der Waals surface area (Å²) in [7, 11) is 0. The second-order valence-corrected chi connectivity index (χ2v) is 26.1. The van der Waals surface area contributed by atoms with Crippen molar-refractivity contribution in [1.82, 2.24) is 0 Å². The molecule has 428 valence electrons. The molecule has 90 heavy (non-hydrogen) atoms. The van der Waals surface area contributed by atoms with E-state index in [2.05, 4.69) is 262 Å². The van der Waals surface area contributed by atoms with Crippen molar-refractivity contribution >= 4 is 80.7 Å². The summed E-state index contributed by atoms with van der Waals surface area (Å²) >= 11 is 0. The third kappa shape index (κ3) is 7.94. The van der Waals surface area contributed by atoms with E-state index in [9.17, 15) is 0 Å². The zero-order valence-corrected chi connectivity index (χ0v) is 51.7. The van der Waals surface area contributed by atoms with Crippen LogP contribution in [0.1, 0.15) is 50.1 Å². The lowest BCUT2D eigenvalue weighted by molar-refractivity contribution is 0.452. The standard InChI is InChI=1S/C81H60B3NO5/c1-42-24-45(4)76(46(5)25-42)55-30-65-79-71(33-55)86-66-31-53(51-16-12-10-13-17-51)20-22-58(66)82(79)60-38-61-68(40-64(60)85-65)88-74-36-57(78-49(8)28-44(3)29-50(78)9)37-75-81(74)84(61)63-39-62-69(41-70(63)90-75)89-73-35-56(77-47(6)26-43(2)27-48(77)7)34-72-80(73)83(62)59-23-21-54(32-67(59)87-72)52-18-14-11-15-19-52/h10-41,85H,1-9H3. The molecule has 0 saturated carbocycles. The average Bonchev–Trinajstić information content (AvgIpc) is 0.708. The second-order valence-electron chi connectivity index (χ2n) is 26.1. The maximum Gasteiger partial charge on any atom is 0.260 e. The van der Waals surface area contributed by atoms with Crippen LogP contribution in [-0.2, 0) is 0 Å². The first-order chi connectivity index (χ1) is 43.7. The van der Waals surface area contributed by atoms with Crippen molar-refractivity contribution in [1.29, 1.82) is 0 Å². The van der Waals surface area contributed by atoms with E-state index in [1.807, 2.05) is 0 Å². The number of aryl methyl sites for hydroxylation is 9. The fourth-order valence-electron chi connectivity index (χ4n) is 16.6. The first-order valence-corrected chi connectivity index (χ1v) is 31.4. The van der Waals surface area contributed by atoms with E-state index in [0.29, 0.717) is 0 Å². The van der Waals surface area contributed by atoms with Crippen LogP contribution in [0.25, 0.3) is 55.6 Å². The molecule has 0 atom stereocenters. The molecule has 1 N–H and O–H groups in total. The largest absolute Gasteiger partial charge is 0.458 e. The normalized spacial score (nSPS) is 13.4. The lowest BCUT2D eigenvalue weighted by Gasteiger charge is -2.38. The van der Waals surface area contributed by atoms with Crippen LogP contribution in [0, 0.1) is 62.3 Å². The van der Waals surface area contributed by atoms with Gasteiger partial charge in [0.2, 0.25) is 0 Å². The third-order valence-corrected chi connectivity index (χ3v) is 19.9. The van der Waals surface area contributed by atoms with Crippen molar-refractivity contribution in [2.24, 2.45) is 0 Å². The summed E-state index contributed by atoms with van der Waals surface area (Å²) in [6.45, 7) is 19.1. The third-order valence-electron chi connectivity index (χ3n) is 19.9. The average molecular weight is 1160 g/mol. The maximum atomic E-state index is 7.44. The molecule has 0 aromatic heterocycles. The van der Waals surface area contributed by atoms with E-state index >= 15 is 0 Å². The van der Waals surface area contributed by atoms with Gasteiger partial charge in [-0.15, -0.1) is 0 Å². The van der Waals surface area contributed by atoms with Crippen LogP contribution >= 0.6 is 0 Å². The number of rotatable bonds is 5. The number of fused-ring (bicyclic) bond motifs is 12. The van der Waals surface area contributed by atoms with Gasteiger partial charge in [-0.1, -0.05) is 150 Å². The van der Waals surface area contributed by atoms with E-state index in [-0.39, 0.29) is 20.1 Å². The van der Waals surface area contributed by atoms with Crippen LogP contribution in [-0.4, -0.2) is 20.1 Å². The summed E-state index contributed by atoms with van der Waals surface area (Å²) in [4.78, 5) is 0. The molecule has 6 heterocycles. The molecule has 0 saturated heterocycles. The van der Waals surface area contributed by atoms with Crippen LogP contribution in [0.5, 0.6) is 57.5 Å². The van der Waals surface area contributed by atoms with Crippen LogP contribution < -0.4 is 78.2 Å². The van der Waals surface area contributed by atoms with Gasteiger partial charge in [0.25, 0.3) is 20.1 Å². The van der Waals surface area contributed by atoms with Gasteiger partial charge in [0.15, 0.2) is 0 Å². The molecule has 0 bridgehead atoms. The smallest absolute Gasteiger partial charge is 0.260 e. The minimum Gasteiger partial charge on any atom is -0.458 e. The molecule has 0 radical (unpaired) electrons. The maximum absolute atomic E-state index is 7.44. The molecule has 12 aromatic rings. The van der Waals surface area contributed by atoms with Gasteiger partial charge in [-0.2, -0.15) is 0 Å². The number of benzene rings is 12. The highest BCUT2D eigenvalue weighted by Crippen LogP contribution is 2.47. The monoisotopic (exact) mass is 1160 g/mol. The summed E-state index contributed by atoms with van der Waals surface area (Å²) in [5, 5.41) is 4.03. The molecular weight excluding hydrogens is 1100 g/mol. The number of hydrogen-bond acceptors (Lipinski definition) is 6. The van der Waals surface area contributed by atoms with E-state index in [1.165, 1.54) is 66.8 Å². The minimum absolute atomic E-state index is 0.168. The lowest BCUT2D eigenvalue weighted by atomic mass is 9.30. The van der Waals surface area contributed by atoms with Crippen molar-refractivity contribution in [3.63, 3.8) is 0 Å². The number of anilines is 2. The van der Waals surface area contributed by atoms with Crippen molar-refractivity contribution in [2.45, 2.75) is 62.3 Å². The minimum atomic E-state index is -0.293. The molecule has 0 fully saturated rings. The molecule has 6 aliphatic rings. The van der Waals surface area contributed by atoms with Gasteiger partial charge in [-0.05, 0) is 238 Å². The summed E-state index contributed by atoms with van der Waals surface area (Å²) in [5.74, 6) is 7.96. The highest BCUT2D eigenvalue weighted by Gasteiger charge is 2.48. The highest BCUT2D eigenvalue weighted by molar-refractivity contribution is 7.02. The van der Waals surface area contributed by atoms with E-state index in [0.717, 1.165) is 157 Å². The molecule has 12 aromatic carbocycles. The molecule has 0 spiro atoms. The topological polar surface area (TPSA) is 58.2 Å². The van der Waals surface area contributed by atoms with E-state index in [1.54, 1.807) is 0 Å². The molecule has 9 heteroatoms. The fourth-order valence-corrected chi connectivity index (χ4v) is 16.6. The Morgan fingerprint density at radius 2 is 0.556 bits per heavy atom. The first-order valence-electron chi connectivity index (χ1n) is 31.4. The van der Waals surface area contributed by atoms with Crippen molar-refractivity contribution in [2.75, 3.05) is 5.32 Å². The number of ether oxygens (including phenoxy) is 5. The fraction of sp³-hybridized carbons (Fsp3) is 0.111. The second kappa shape index (κ2) is 19.3. The van der Waals surface area contributed by atoms with Gasteiger partial charge < -0.3 is 29.0 Å². The summed E-state index contributed by atoms with van der Waals surface area (Å²) in [6, 6.07) is 71.1. The molecule has 18 rings (SSSR count). The van der Waals surface area contributed by atoms with E-state index in [4.69, 9.17) is 23.7 Å². The summed E-state index contributed by atoms with van der Waals surface area (Å²) in [5.41, 5.74) is 33.9. The van der Waals surface area contributed by atoms with Crippen molar-refractivity contribution in [3.8, 4) is 113 Å². The molecule has 0 amide bonds. The summed E-state index contributed by atoms with van der Waals surface area (Å²) in [6.07, 6.45) is 0. The summed E-state index contributed by atoms with van der Waals surface area (Å²) < 4.78 is 36.6. The molecule has 6 aliphatic heterocycles. The Kier molecular flexibility index (Phi) is 11.3. The predicted molar refractivity (Wildman–Crippen MR) is 373 cm³/mol. The lowest BCUT2D eigenvalue weighted by Crippen LogP contribution is -2.63. The molecular formula is C81H60B3NO5. The van der Waals surface area contributed by atoms with Crippen LogP contribution in [0.4, 0.5) is 11.4 Å².